The van der Waals surface area contributed by atoms with Gasteiger partial charge >= 0.3 is 0 Å². The minimum atomic E-state index is -0.500. The molecule has 1 aromatic heterocycles. The Bertz CT molecular complexity index is 1180. The van der Waals surface area contributed by atoms with E-state index >= 15 is 0 Å². The zero-order valence-electron chi connectivity index (χ0n) is 17.1. The number of halogens is 1. The molecule has 0 fully saturated rings. The van der Waals surface area contributed by atoms with Gasteiger partial charge < -0.3 is 19.7 Å². The van der Waals surface area contributed by atoms with E-state index in [0.717, 1.165) is 11.1 Å². The minimum absolute atomic E-state index is 0.0709. The summed E-state index contributed by atoms with van der Waals surface area (Å²) in [5, 5.41) is 2.90. The second-order valence-corrected chi connectivity index (χ2v) is 7.68. The van der Waals surface area contributed by atoms with Crippen molar-refractivity contribution in [1.82, 2.24) is 15.2 Å². The zero-order valence-corrected chi connectivity index (χ0v) is 17.1. The molecule has 1 atom stereocenters. The third-order valence-electron chi connectivity index (χ3n) is 5.59. The summed E-state index contributed by atoms with van der Waals surface area (Å²) in [6.07, 6.45) is 1.69. The third kappa shape index (κ3) is 3.87. The van der Waals surface area contributed by atoms with Gasteiger partial charge in [-0.15, -0.1) is 0 Å². The van der Waals surface area contributed by atoms with Gasteiger partial charge in [-0.25, -0.2) is 4.39 Å². The molecule has 5 rings (SSSR count). The van der Waals surface area contributed by atoms with Crippen LogP contribution in [0.25, 0.3) is 0 Å². The van der Waals surface area contributed by atoms with Gasteiger partial charge in [0, 0.05) is 19.3 Å². The molecule has 0 saturated heterocycles. The number of hydrogen-bond donors (Lipinski definition) is 1. The maximum atomic E-state index is 13.3. The van der Waals surface area contributed by atoms with Crippen molar-refractivity contribution in [3.63, 3.8) is 0 Å². The molecule has 0 saturated carbocycles. The minimum Gasteiger partial charge on any atom is -0.454 e. The Morgan fingerprint density at radius 1 is 1.09 bits per heavy atom. The van der Waals surface area contributed by atoms with Crippen LogP contribution in [0.3, 0.4) is 0 Å². The van der Waals surface area contributed by atoms with Crippen LogP contribution in [-0.2, 0) is 17.9 Å². The Labute approximate surface area is 183 Å². The van der Waals surface area contributed by atoms with E-state index in [-0.39, 0.29) is 37.4 Å². The Kier molecular flexibility index (Phi) is 5.18. The first-order chi connectivity index (χ1) is 15.6. The topological polar surface area (TPSA) is 80.8 Å². The molecule has 0 spiro atoms. The zero-order chi connectivity index (χ0) is 22.1. The monoisotopic (exact) mass is 433 g/mol. The number of benzene rings is 2. The molecule has 7 nitrogen and oxygen atoms in total. The molecule has 3 aromatic rings. The lowest BCUT2D eigenvalue weighted by Gasteiger charge is -2.24. The van der Waals surface area contributed by atoms with Gasteiger partial charge in [-0.3, -0.25) is 14.6 Å². The van der Waals surface area contributed by atoms with Gasteiger partial charge in [0.15, 0.2) is 11.5 Å². The van der Waals surface area contributed by atoms with Crippen molar-refractivity contribution in [2.45, 2.75) is 25.6 Å². The molecule has 32 heavy (non-hydrogen) atoms. The predicted octanol–water partition coefficient (Wildman–Crippen LogP) is 3.35. The van der Waals surface area contributed by atoms with Gasteiger partial charge in [-0.1, -0.05) is 18.2 Å². The van der Waals surface area contributed by atoms with E-state index in [4.69, 9.17) is 9.47 Å². The summed E-state index contributed by atoms with van der Waals surface area (Å²) in [5.74, 6) is 0.602. The molecule has 2 aromatic carbocycles. The molecule has 162 valence electrons. The fourth-order valence-corrected chi connectivity index (χ4v) is 3.98. The average Bonchev–Trinajstić information content (AvgIpc) is 3.37. The molecule has 0 aliphatic carbocycles. The Balaban J connectivity index is 1.30. The van der Waals surface area contributed by atoms with Gasteiger partial charge in [-0.05, 0) is 47.5 Å². The van der Waals surface area contributed by atoms with Gasteiger partial charge in [0.1, 0.15) is 5.82 Å². The van der Waals surface area contributed by atoms with Crippen molar-refractivity contribution in [2.24, 2.45) is 0 Å². The summed E-state index contributed by atoms with van der Waals surface area (Å²) >= 11 is 0. The summed E-state index contributed by atoms with van der Waals surface area (Å²) in [5.41, 5.74) is 2.73. The molecule has 2 aliphatic rings. The molecule has 0 radical (unpaired) electrons. The van der Waals surface area contributed by atoms with Crippen LogP contribution in [0.4, 0.5) is 4.39 Å². The number of carbonyl (C=O) groups excluding carboxylic acids is 2. The lowest BCUT2D eigenvalue weighted by atomic mass is 10.1. The van der Waals surface area contributed by atoms with E-state index in [1.807, 2.05) is 18.2 Å². The molecular weight excluding hydrogens is 413 g/mol. The summed E-state index contributed by atoms with van der Waals surface area (Å²) in [7, 11) is 0. The van der Waals surface area contributed by atoms with Crippen LogP contribution < -0.4 is 14.8 Å². The lowest BCUT2D eigenvalue weighted by Crippen LogP contribution is -2.32. The molecule has 1 unspecified atom stereocenters. The number of pyridine rings is 1. The predicted molar refractivity (Wildman–Crippen MR) is 112 cm³/mol. The molecule has 0 bridgehead atoms. The molecule has 2 aliphatic heterocycles. The smallest absolute Gasteiger partial charge is 0.256 e. The van der Waals surface area contributed by atoms with Crippen LogP contribution in [0.2, 0.25) is 0 Å². The highest BCUT2D eigenvalue weighted by molar-refractivity contribution is 5.99. The quantitative estimate of drug-likeness (QED) is 0.645. The van der Waals surface area contributed by atoms with E-state index in [9.17, 15) is 14.0 Å². The summed E-state index contributed by atoms with van der Waals surface area (Å²) in [6, 6.07) is 14.4. The van der Waals surface area contributed by atoms with Crippen molar-refractivity contribution in [2.75, 3.05) is 6.79 Å². The van der Waals surface area contributed by atoms with Gasteiger partial charge in [0.25, 0.3) is 5.91 Å². The number of hydrogen-bond acceptors (Lipinski definition) is 5. The van der Waals surface area contributed by atoms with E-state index in [1.54, 1.807) is 35.4 Å². The average molecular weight is 433 g/mol. The van der Waals surface area contributed by atoms with Crippen molar-refractivity contribution in [1.29, 1.82) is 0 Å². The maximum Gasteiger partial charge on any atom is 0.256 e. The Morgan fingerprint density at radius 2 is 1.88 bits per heavy atom. The summed E-state index contributed by atoms with van der Waals surface area (Å²) in [4.78, 5) is 31.8. The highest BCUT2D eigenvalue weighted by Gasteiger charge is 2.38. The van der Waals surface area contributed by atoms with Crippen LogP contribution in [0.1, 0.15) is 39.6 Å². The van der Waals surface area contributed by atoms with E-state index in [2.05, 4.69) is 10.3 Å². The fraction of sp³-hybridized carbons (Fsp3) is 0.208. The number of ether oxygens (including phenoxy) is 2. The van der Waals surface area contributed by atoms with Crippen LogP contribution in [-0.4, -0.2) is 28.5 Å². The molecule has 3 heterocycles. The van der Waals surface area contributed by atoms with Gasteiger partial charge in [-0.2, -0.15) is 0 Å². The highest BCUT2D eigenvalue weighted by Crippen LogP contribution is 2.36. The third-order valence-corrected chi connectivity index (χ3v) is 5.59. The maximum absolute atomic E-state index is 13.3. The second kappa shape index (κ2) is 8.30. The molecule has 2 amide bonds. The molecule has 8 heteroatoms. The molecule has 1 N–H and O–H groups in total. The first-order valence-corrected chi connectivity index (χ1v) is 10.2. The first kappa shape index (κ1) is 20.0. The van der Waals surface area contributed by atoms with E-state index < -0.39 is 6.04 Å². The van der Waals surface area contributed by atoms with Crippen molar-refractivity contribution in [3.05, 3.63) is 89.0 Å². The standard InChI is InChI=1S/C24H20FN3O4/c25-17-6-3-15(4-7-17)13-28-19(23-18(24(28)30)2-1-9-26-23)11-22(29)27-12-16-5-8-20-21(10-16)32-14-31-20/h1-10,19H,11-14H2,(H,27,29). The number of aromatic nitrogens is 1. The number of nitrogens with one attached hydrogen (secondary N) is 1. The number of rotatable bonds is 6. The summed E-state index contributed by atoms with van der Waals surface area (Å²) in [6.45, 7) is 0.774. The fourth-order valence-electron chi connectivity index (χ4n) is 3.98. The molecular formula is C24H20FN3O4. The SMILES string of the molecule is O=C(CC1c2ncccc2C(=O)N1Cc1ccc(F)cc1)NCc1ccc2c(c1)OCO2. The van der Waals surface area contributed by atoms with Gasteiger partial charge in [0.2, 0.25) is 12.7 Å². The van der Waals surface area contributed by atoms with Crippen molar-refractivity contribution in [3.8, 4) is 11.5 Å². The van der Waals surface area contributed by atoms with Crippen molar-refractivity contribution < 1.29 is 23.5 Å². The van der Waals surface area contributed by atoms with Crippen LogP contribution in [0.5, 0.6) is 11.5 Å². The normalized spacial score (nSPS) is 16.2. The lowest BCUT2D eigenvalue weighted by molar-refractivity contribution is -0.122. The van der Waals surface area contributed by atoms with Crippen LogP contribution in [0.15, 0.2) is 60.8 Å². The first-order valence-electron chi connectivity index (χ1n) is 10.2. The number of nitrogens with zero attached hydrogens (tertiary/aromatic N) is 2. The second-order valence-electron chi connectivity index (χ2n) is 7.68. The number of carbonyl (C=O) groups is 2. The van der Waals surface area contributed by atoms with E-state index in [0.29, 0.717) is 29.3 Å². The number of fused-ring (bicyclic) bond motifs is 2. The number of amides is 2. The van der Waals surface area contributed by atoms with Crippen LogP contribution >= 0.6 is 0 Å². The van der Waals surface area contributed by atoms with Crippen LogP contribution in [0, 0.1) is 5.82 Å². The largest absolute Gasteiger partial charge is 0.454 e. The Hall–Kier alpha value is -3.94. The Morgan fingerprint density at radius 3 is 2.72 bits per heavy atom. The highest BCUT2D eigenvalue weighted by atomic mass is 19.1. The van der Waals surface area contributed by atoms with E-state index in [1.165, 1.54) is 12.1 Å². The van der Waals surface area contributed by atoms with Crippen molar-refractivity contribution >= 4 is 11.8 Å². The van der Waals surface area contributed by atoms with Gasteiger partial charge in [0.05, 0.1) is 23.7 Å². The summed E-state index contributed by atoms with van der Waals surface area (Å²) < 4.78 is 24.0.